The summed E-state index contributed by atoms with van der Waals surface area (Å²) < 4.78 is 26.8. The van der Waals surface area contributed by atoms with E-state index in [1.807, 2.05) is 11.4 Å². The van der Waals surface area contributed by atoms with Gasteiger partial charge in [0.1, 0.15) is 6.07 Å². The van der Waals surface area contributed by atoms with Crippen LogP contribution in [0.1, 0.15) is 15.9 Å². The van der Waals surface area contributed by atoms with Crippen LogP contribution in [0.5, 0.6) is 0 Å². The lowest BCUT2D eigenvalue weighted by Gasteiger charge is -2.34. The minimum Gasteiger partial charge on any atom is -0.336 e. The van der Waals surface area contributed by atoms with Gasteiger partial charge in [0.05, 0.1) is 16.0 Å². The molecule has 1 saturated heterocycles. The van der Waals surface area contributed by atoms with E-state index < -0.39 is 10.0 Å². The molecule has 0 spiro atoms. The molecule has 1 amide bonds. The third kappa shape index (κ3) is 3.06. The molecule has 3 rings (SSSR count). The molecule has 0 unspecified atom stereocenters. The van der Waals surface area contributed by atoms with Crippen LogP contribution in [-0.4, -0.2) is 49.7 Å². The average Bonchev–Trinajstić information content (AvgIpc) is 3.15. The number of carbonyl (C=O) groups excluding carboxylic acids is 1. The van der Waals surface area contributed by atoms with Crippen molar-refractivity contribution in [2.45, 2.75) is 4.90 Å². The summed E-state index contributed by atoms with van der Waals surface area (Å²) in [5.74, 6) is -0.0780. The van der Waals surface area contributed by atoms with Crippen molar-refractivity contribution in [3.8, 4) is 6.07 Å². The summed E-state index contributed by atoms with van der Waals surface area (Å²) in [5.41, 5.74) is 0.764. The van der Waals surface area contributed by atoms with Crippen molar-refractivity contribution in [2.24, 2.45) is 0 Å². The number of thiophene rings is 1. The van der Waals surface area contributed by atoms with Crippen LogP contribution in [0.25, 0.3) is 0 Å². The normalized spacial score (nSPS) is 15.9. The lowest BCUT2D eigenvalue weighted by molar-refractivity contribution is 0.0698. The molecule has 0 aliphatic carbocycles. The minimum atomic E-state index is -3.73. The third-order valence-corrected chi connectivity index (χ3v) is 6.56. The number of hydrogen-bond acceptors (Lipinski definition) is 5. The van der Waals surface area contributed by atoms with Crippen LogP contribution in [0.2, 0.25) is 0 Å². The van der Waals surface area contributed by atoms with E-state index in [1.54, 1.807) is 28.5 Å². The Morgan fingerprint density at radius 1 is 1.12 bits per heavy atom. The molecule has 1 aliphatic rings. The third-order valence-electron chi connectivity index (χ3n) is 3.92. The lowest BCUT2D eigenvalue weighted by atomic mass is 10.2. The minimum absolute atomic E-state index is 0.0186. The Bertz CT molecular complexity index is 878. The van der Waals surface area contributed by atoms with Gasteiger partial charge in [0.15, 0.2) is 0 Å². The molecular formula is C16H15N3O3S2. The van der Waals surface area contributed by atoms with Crippen LogP contribution in [-0.2, 0) is 10.0 Å². The molecule has 0 saturated carbocycles. The first kappa shape index (κ1) is 16.6. The van der Waals surface area contributed by atoms with E-state index in [0.717, 1.165) is 0 Å². The molecule has 2 aromatic rings. The second kappa shape index (κ2) is 6.73. The molecule has 1 aromatic carbocycles. The Morgan fingerprint density at radius 2 is 1.83 bits per heavy atom. The maximum absolute atomic E-state index is 12.7. The van der Waals surface area contributed by atoms with Crippen LogP contribution in [0.15, 0.2) is 46.0 Å². The fourth-order valence-corrected chi connectivity index (χ4v) is 4.82. The number of rotatable bonds is 3. The summed E-state index contributed by atoms with van der Waals surface area (Å²) in [7, 11) is -3.73. The molecular weight excluding hydrogens is 346 g/mol. The van der Waals surface area contributed by atoms with Gasteiger partial charge < -0.3 is 4.90 Å². The molecule has 2 heterocycles. The van der Waals surface area contributed by atoms with Crippen molar-refractivity contribution in [1.82, 2.24) is 9.21 Å². The molecule has 6 nitrogen and oxygen atoms in total. The highest BCUT2D eigenvalue weighted by atomic mass is 32.2. The van der Waals surface area contributed by atoms with Gasteiger partial charge in [-0.05, 0) is 23.6 Å². The van der Waals surface area contributed by atoms with E-state index >= 15 is 0 Å². The standard InChI is InChI=1S/C16H15N3O3S2/c17-11-13-3-1-2-4-15(13)24(21,22)19-8-6-18(7-9-19)16(20)14-5-10-23-12-14/h1-5,10,12H,6-9H2. The van der Waals surface area contributed by atoms with Gasteiger partial charge in [0, 0.05) is 31.6 Å². The fraction of sp³-hybridized carbons (Fsp3) is 0.250. The van der Waals surface area contributed by atoms with E-state index in [2.05, 4.69) is 0 Å². The van der Waals surface area contributed by atoms with Crippen molar-refractivity contribution in [1.29, 1.82) is 5.26 Å². The zero-order valence-corrected chi connectivity index (χ0v) is 14.4. The first-order valence-corrected chi connectivity index (χ1v) is 9.73. The number of nitriles is 1. The molecule has 124 valence electrons. The summed E-state index contributed by atoms with van der Waals surface area (Å²) >= 11 is 1.45. The Balaban J connectivity index is 1.75. The maximum atomic E-state index is 12.7. The molecule has 8 heteroatoms. The van der Waals surface area contributed by atoms with Crippen LogP contribution in [0, 0.1) is 11.3 Å². The summed E-state index contributed by atoms with van der Waals surface area (Å²) in [6.07, 6.45) is 0. The second-order valence-electron chi connectivity index (χ2n) is 5.32. The quantitative estimate of drug-likeness (QED) is 0.834. The van der Waals surface area contributed by atoms with Crippen molar-refractivity contribution in [3.63, 3.8) is 0 Å². The molecule has 0 radical (unpaired) electrons. The highest BCUT2D eigenvalue weighted by molar-refractivity contribution is 7.89. The smallest absolute Gasteiger partial charge is 0.254 e. The summed E-state index contributed by atoms with van der Waals surface area (Å²) in [6.45, 7) is 1.11. The topological polar surface area (TPSA) is 81.5 Å². The fourth-order valence-electron chi connectivity index (χ4n) is 2.62. The maximum Gasteiger partial charge on any atom is 0.254 e. The first-order valence-electron chi connectivity index (χ1n) is 7.35. The number of amides is 1. The second-order valence-corrected chi connectivity index (χ2v) is 8.00. The molecule has 1 aromatic heterocycles. The van der Waals surface area contributed by atoms with Gasteiger partial charge in [-0.2, -0.15) is 20.9 Å². The summed E-state index contributed by atoms with van der Waals surface area (Å²) in [4.78, 5) is 14.0. The van der Waals surface area contributed by atoms with E-state index in [0.29, 0.717) is 18.7 Å². The Kier molecular flexibility index (Phi) is 4.66. The summed E-state index contributed by atoms with van der Waals surface area (Å²) in [6, 6.07) is 9.85. The van der Waals surface area contributed by atoms with Crippen molar-refractivity contribution in [2.75, 3.05) is 26.2 Å². The highest BCUT2D eigenvalue weighted by Crippen LogP contribution is 2.21. The zero-order chi connectivity index (χ0) is 17.2. The molecule has 1 aliphatic heterocycles. The monoisotopic (exact) mass is 361 g/mol. The number of benzene rings is 1. The predicted octanol–water partition coefficient (Wildman–Crippen LogP) is 1.77. The van der Waals surface area contributed by atoms with E-state index in [4.69, 9.17) is 5.26 Å². The number of hydrogen-bond donors (Lipinski definition) is 0. The van der Waals surface area contributed by atoms with Gasteiger partial charge in [-0.25, -0.2) is 8.42 Å². The van der Waals surface area contributed by atoms with Crippen molar-refractivity contribution in [3.05, 3.63) is 52.2 Å². The zero-order valence-electron chi connectivity index (χ0n) is 12.8. The Labute approximate surface area is 144 Å². The van der Waals surface area contributed by atoms with Gasteiger partial charge in [-0.15, -0.1) is 0 Å². The van der Waals surface area contributed by atoms with Gasteiger partial charge in [0.2, 0.25) is 10.0 Å². The molecule has 0 N–H and O–H groups in total. The largest absolute Gasteiger partial charge is 0.336 e. The first-order chi connectivity index (χ1) is 11.5. The van der Waals surface area contributed by atoms with Gasteiger partial charge in [0.25, 0.3) is 5.91 Å². The van der Waals surface area contributed by atoms with Crippen LogP contribution in [0.4, 0.5) is 0 Å². The number of carbonyl (C=O) groups is 1. The van der Waals surface area contributed by atoms with Crippen LogP contribution >= 0.6 is 11.3 Å². The van der Waals surface area contributed by atoms with Crippen molar-refractivity contribution < 1.29 is 13.2 Å². The molecule has 0 atom stereocenters. The van der Waals surface area contributed by atoms with Gasteiger partial charge in [-0.1, -0.05) is 12.1 Å². The lowest BCUT2D eigenvalue weighted by Crippen LogP contribution is -2.50. The summed E-state index contributed by atoms with van der Waals surface area (Å²) in [5, 5.41) is 12.7. The van der Waals surface area contributed by atoms with E-state index in [1.165, 1.54) is 27.8 Å². The highest BCUT2D eigenvalue weighted by Gasteiger charge is 2.31. The molecule has 1 fully saturated rings. The van der Waals surface area contributed by atoms with E-state index in [9.17, 15) is 13.2 Å². The number of sulfonamides is 1. The molecule has 24 heavy (non-hydrogen) atoms. The number of piperazine rings is 1. The average molecular weight is 361 g/mol. The van der Waals surface area contributed by atoms with Gasteiger partial charge >= 0.3 is 0 Å². The molecule has 0 bridgehead atoms. The Morgan fingerprint density at radius 3 is 2.46 bits per heavy atom. The van der Waals surface area contributed by atoms with Gasteiger partial charge in [-0.3, -0.25) is 4.79 Å². The Hall–Kier alpha value is -2.21. The van der Waals surface area contributed by atoms with Crippen LogP contribution < -0.4 is 0 Å². The van der Waals surface area contributed by atoms with E-state index in [-0.39, 0.29) is 29.5 Å². The predicted molar refractivity (Wildman–Crippen MR) is 90.1 cm³/mol. The number of nitrogens with zero attached hydrogens (tertiary/aromatic N) is 3. The van der Waals surface area contributed by atoms with Crippen LogP contribution in [0.3, 0.4) is 0 Å². The SMILES string of the molecule is N#Cc1ccccc1S(=O)(=O)N1CCN(C(=O)c2ccsc2)CC1. The van der Waals surface area contributed by atoms with Crippen molar-refractivity contribution >= 4 is 27.3 Å².